The minimum atomic E-state index is 0.208. The monoisotopic (exact) mass is 302 g/mol. The van der Waals surface area contributed by atoms with Crippen LogP contribution in [0.25, 0.3) is 0 Å². The van der Waals surface area contributed by atoms with Crippen LogP contribution < -0.4 is 0 Å². The number of amides is 1. The second kappa shape index (κ2) is 5.78. The van der Waals surface area contributed by atoms with Gasteiger partial charge in [-0.2, -0.15) is 0 Å². The van der Waals surface area contributed by atoms with Gasteiger partial charge in [0.05, 0.1) is 5.70 Å². The minimum Gasteiger partial charge on any atom is -0.343 e. The lowest BCUT2D eigenvalue weighted by atomic mass is 9.72. The average Bonchev–Trinajstić information content (AvgIpc) is 2.71. The maximum atomic E-state index is 11.6. The Morgan fingerprint density at radius 3 is 2.81 bits per heavy atom. The quantitative estimate of drug-likeness (QED) is 0.549. The van der Waals surface area contributed by atoms with E-state index in [0.717, 1.165) is 38.9 Å². The topological polar surface area (TPSA) is 23.6 Å². The van der Waals surface area contributed by atoms with Gasteiger partial charge in [-0.15, -0.1) is 5.73 Å². The number of rotatable bonds is 1. The summed E-state index contributed by atoms with van der Waals surface area (Å²) in [4.78, 5) is 13.6. The number of nitrogens with zero attached hydrogens (tertiary/aromatic N) is 2. The molecule has 21 heavy (non-hydrogen) atoms. The summed E-state index contributed by atoms with van der Waals surface area (Å²) < 4.78 is 2.40. The van der Waals surface area contributed by atoms with Crippen molar-refractivity contribution < 1.29 is 4.79 Å². The molecule has 0 unspecified atom stereocenters. The maximum absolute atomic E-state index is 11.6. The van der Waals surface area contributed by atoms with E-state index in [0.29, 0.717) is 0 Å². The molecule has 0 aromatic rings. The van der Waals surface area contributed by atoms with Crippen LogP contribution in [0.5, 0.6) is 0 Å². The Bertz CT molecular complexity index is 561. The van der Waals surface area contributed by atoms with Gasteiger partial charge in [0.15, 0.2) is 0 Å². The van der Waals surface area contributed by atoms with Gasteiger partial charge < -0.3 is 9.21 Å². The fourth-order valence-electron chi connectivity index (χ4n) is 3.67. The number of carbonyl (C=O) groups excluding carboxylic acids is 1. The van der Waals surface area contributed by atoms with E-state index < -0.39 is 0 Å². The van der Waals surface area contributed by atoms with Crippen LogP contribution in [0.2, 0.25) is 0 Å². The highest BCUT2D eigenvalue weighted by molar-refractivity contribution is 7.96. The predicted molar refractivity (Wildman–Crippen MR) is 87.6 cm³/mol. The summed E-state index contributed by atoms with van der Waals surface area (Å²) in [6, 6.07) is 0. The Morgan fingerprint density at radius 2 is 2.14 bits per heavy atom. The molecule has 1 amide bonds. The summed E-state index contributed by atoms with van der Waals surface area (Å²) >= 11 is 1.79. The van der Waals surface area contributed by atoms with Crippen molar-refractivity contribution in [3.05, 3.63) is 41.3 Å². The SMILES string of the molecule is CSN1CC2(CCN(C(C)=O)CC2)C2=C1C=C=C/C=C\C2. The first-order valence-corrected chi connectivity index (χ1v) is 8.73. The third kappa shape index (κ3) is 2.58. The second-order valence-corrected chi connectivity index (χ2v) is 6.79. The van der Waals surface area contributed by atoms with E-state index in [-0.39, 0.29) is 11.3 Å². The molecular weight excluding hydrogens is 280 g/mol. The molecule has 0 saturated carbocycles. The van der Waals surface area contributed by atoms with E-state index in [9.17, 15) is 4.79 Å². The Hall–Kier alpha value is -1.38. The molecule has 0 N–H and O–H groups in total. The summed E-state index contributed by atoms with van der Waals surface area (Å²) in [5.74, 6) is 0.208. The van der Waals surface area contributed by atoms with Gasteiger partial charge in [0, 0.05) is 44.3 Å². The summed E-state index contributed by atoms with van der Waals surface area (Å²) in [7, 11) is 0. The van der Waals surface area contributed by atoms with Gasteiger partial charge in [-0.05, 0) is 30.9 Å². The Kier molecular flexibility index (Phi) is 4.01. The number of hydrogen-bond donors (Lipinski definition) is 0. The first kappa shape index (κ1) is 14.6. The normalized spacial score (nSPS) is 25.0. The summed E-state index contributed by atoms with van der Waals surface area (Å²) in [5.41, 5.74) is 6.37. The highest BCUT2D eigenvalue weighted by Crippen LogP contribution is 2.50. The van der Waals surface area contributed by atoms with Gasteiger partial charge in [-0.3, -0.25) is 4.79 Å². The molecule has 0 radical (unpaired) electrons. The maximum Gasteiger partial charge on any atom is 0.219 e. The first-order chi connectivity index (χ1) is 10.2. The zero-order valence-electron chi connectivity index (χ0n) is 12.8. The molecule has 0 aromatic heterocycles. The smallest absolute Gasteiger partial charge is 0.219 e. The average molecular weight is 302 g/mol. The lowest BCUT2D eigenvalue weighted by Crippen LogP contribution is -2.44. The Balaban J connectivity index is 1.92. The third-order valence-corrected chi connectivity index (χ3v) is 5.69. The van der Waals surface area contributed by atoms with Crippen LogP contribution in [0.4, 0.5) is 0 Å². The van der Waals surface area contributed by atoms with Crippen molar-refractivity contribution in [2.24, 2.45) is 5.41 Å². The van der Waals surface area contributed by atoms with Crippen LogP contribution >= 0.6 is 11.9 Å². The molecule has 3 nitrogen and oxygen atoms in total. The number of carbonyl (C=O) groups is 1. The number of likely N-dealkylation sites (tertiary alicyclic amines) is 1. The molecule has 4 heteroatoms. The lowest BCUT2D eigenvalue weighted by molar-refractivity contribution is -0.130. The highest BCUT2D eigenvalue weighted by atomic mass is 32.2. The molecule has 1 fully saturated rings. The molecule has 0 bridgehead atoms. The summed E-state index contributed by atoms with van der Waals surface area (Å²) in [5, 5.41) is 0. The summed E-state index contributed by atoms with van der Waals surface area (Å²) in [6.07, 6.45) is 13.7. The number of hydrogen-bond acceptors (Lipinski definition) is 3. The van der Waals surface area contributed by atoms with E-state index in [1.54, 1.807) is 18.9 Å². The van der Waals surface area contributed by atoms with Gasteiger partial charge in [0.1, 0.15) is 0 Å². The molecule has 1 aliphatic carbocycles. The van der Waals surface area contributed by atoms with E-state index in [1.807, 2.05) is 11.0 Å². The fourth-order valence-corrected chi connectivity index (χ4v) is 4.40. The van der Waals surface area contributed by atoms with E-state index >= 15 is 0 Å². The van der Waals surface area contributed by atoms with Crippen molar-refractivity contribution >= 4 is 17.9 Å². The van der Waals surface area contributed by atoms with Crippen molar-refractivity contribution in [1.82, 2.24) is 9.21 Å². The van der Waals surface area contributed by atoms with Crippen LogP contribution in [-0.2, 0) is 4.79 Å². The largest absolute Gasteiger partial charge is 0.343 e. The van der Waals surface area contributed by atoms with Crippen LogP contribution in [0.3, 0.4) is 0 Å². The van der Waals surface area contributed by atoms with Gasteiger partial charge in [-0.25, -0.2) is 0 Å². The van der Waals surface area contributed by atoms with Gasteiger partial charge in [0.25, 0.3) is 0 Å². The first-order valence-electron chi connectivity index (χ1n) is 7.55. The number of fused-ring (bicyclic) bond motifs is 1. The van der Waals surface area contributed by atoms with Crippen LogP contribution in [0.15, 0.2) is 41.3 Å². The zero-order valence-corrected chi connectivity index (χ0v) is 13.6. The second-order valence-electron chi connectivity index (χ2n) is 5.98. The van der Waals surface area contributed by atoms with Gasteiger partial charge in [-0.1, -0.05) is 24.1 Å². The van der Waals surface area contributed by atoms with Crippen molar-refractivity contribution in [1.29, 1.82) is 0 Å². The van der Waals surface area contributed by atoms with Gasteiger partial charge >= 0.3 is 0 Å². The van der Waals surface area contributed by atoms with Crippen molar-refractivity contribution in [2.45, 2.75) is 26.2 Å². The zero-order chi connectivity index (χ0) is 14.9. The Morgan fingerprint density at radius 1 is 1.38 bits per heavy atom. The van der Waals surface area contributed by atoms with Crippen molar-refractivity contribution in [3.8, 4) is 0 Å². The standard InChI is InChI=1S/C17H22N2OS/c1-14(20)18-11-9-17(10-12-18)13-19(21-2)16-8-6-4-3-5-7-15(16)17/h3-5,8H,7,9-13H2,1-2H3/b5-3-. The molecule has 2 heterocycles. The van der Waals surface area contributed by atoms with E-state index in [1.165, 1.54) is 11.3 Å². The fraction of sp³-hybridized carbons (Fsp3) is 0.529. The van der Waals surface area contributed by atoms with E-state index in [2.05, 4.69) is 34.5 Å². The van der Waals surface area contributed by atoms with Crippen LogP contribution in [-0.4, -0.2) is 41.0 Å². The van der Waals surface area contributed by atoms with Crippen LogP contribution in [0, 0.1) is 5.41 Å². The molecular formula is C17H22N2OS. The molecule has 112 valence electrons. The number of piperidine rings is 1. The lowest BCUT2D eigenvalue weighted by Gasteiger charge is -2.40. The third-order valence-electron chi connectivity index (χ3n) is 4.92. The van der Waals surface area contributed by atoms with Crippen LogP contribution in [0.1, 0.15) is 26.2 Å². The Labute approximate surface area is 131 Å². The molecule has 3 rings (SSSR count). The van der Waals surface area contributed by atoms with Gasteiger partial charge in [0.2, 0.25) is 5.91 Å². The molecule has 0 atom stereocenters. The minimum absolute atomic E-state index is 0.208. The number of allylic oxidation sites excluding steroid dienone is 3. The van der Waals surface area contributed by atoms with Crippen molar-refractivity contribution in [3.63, 3.8) is 0 Å². The molecule has 1 spiro atoms. The highest BCUT2D eigenvalue weighted by Gasteiger charge is 2.45. The molecule has 3 aliphatic rings. The van der Waals surface area contributed by atoms with E-state index in [4.69, 9.17) is 0 Å². The molecule has 1 saturated heterocycles. The van der Waals surface area contributed by atoms with Crippen molar-refractivity contribution in [2.75, 3.05) is 25.9 Å². The molecule has 0 aromatic carbocycles. The predicted octanol–water partition coefficient (Wildman–Crippen LogP) is 3.13. The molecule has 2 aliphatic heterocycles. The summed E-state index contributed by atoms with van der Waals surface area (Å²) in [6.45, 7) is 4.52.